The Balaban J connectivity index is 1.41. The minimum Gasteiger partial charge on any atom is -0.358 e. The summed E-state index contributed by atoms with van der Waals surface area (Å²) in [5, 5.41) is 3.58. The number of para-hydroxylation sites is 1. The zero-order valence-electron chi connectivity index (χ0n) is 15.0. The van der Waals surface area contributed by atoms with E-state index in [4.69, 9.17) is 0 Å². The number of H-pyrrole nitrogens is 1. The Kier molecular flexibility index (Phi) is 3.79. The van der Waals surface area contributed by atoms with Crippen LogP contribution in [0.15, 0.2) is 72.8 Å². The summed E-state index contributed by atoms with van der Waals surface area (Å²) in [5.74, 6) is 0.0684. The maximum absolute atomic E-state index is 12.8. The fourth-order valence-electron chi connectivity index (χ4n) is 4.02. The van der Waals surface area contributed by atoms with Gasteiger partial charge in [-0.15, -0.1) is 0 Å². The summed E-state index contributed by atoms with van der Waals surface area (Å²) in [6.45, 7) is 1.41. The molecule has 0 unspecified atom stereocenters. The topological polar surface area (TPSA) is 36.1 Å². The maximum atomic E-state index is 12.8. The largest absolute Gasteiger partial charge is 0.358 e. The van der Waals surface area contributed by atoms with Crippen molar-refractivity contribution in [1.82, 2.24) is 9.88 Å². The number of hydrogen-bond donors (Lipinski definition) is 1. The molecular formula is C24H20N2O. The molecule has 0 saturated carbocycles. The first-order chi connectivity index (χ1) is 13.3. The van der Waals surface area contributed by atoms with Gasteiger partial charge in [-0.3, -0.25) is 4.79 Å². The molecule has 3 aromatic carbocycles. The van der Waals surface area contributed by atoms with Crippen LogP contribution in [0.5, 0.6) is 0 Å². The van der Waals surface area contributed by atoms with E-state index in [0.29, 0.717) is 6.54 Å². The Morgan fingerprint density at radius 3 is 2.63 bits per heavy atom. The normalized spacial score (nSPS) is 14.1. The molecule has 132 valence electrons. The van der Waals surface area contributed by atoms with Crippen LogP contribution in [0.4, 0.5) is 0 Å². The molecule has 27 heavy (non-hydrogen) atoms. The number of carbonyl (C=O) groups excluding carboxylic acids is 1. The van der Waals surface area contributed by atoms with Gasteiger partial charge in [0.1, 0.15) is 0 Å². The van der Waals surface area contributed by atoms with Crippen LogP contribution >= 0.6 is 0 Å². The van der Waals surface area contributed by atoms with Crippen LogP contribution in [0.2, 0.25) is 0 Å². The summed E-state index contributed by atoms with van der Waals surface area (Å²) in [6, 6.07) is 22.8. The van der Waals surface area contributed by atoms with Crippen molar-refractivity contribution in [2.45, 2.75) is 13.0 Å². The van der Waals surface area contributed by atoms with Crippen molar-refractivity contribution in [1.29, 1.82) is 0 Å². The monoisotopic (exact) mass is 352 g/mol. The summed E-state index contributed by atoms with van der Waals surface area (Å²) < 4.78 is 0. The van der Waals surface area contributed by atoms with Crippen molar-refractivity contribution >= 4 is 33.7 Å². The van der Waals surface area contributed by atoms with E-state index < -0.39 is 0 Å². The molecule has 0 atom stereocenters. The fourth-order valence-corrected chi connectivity index (χ4v) is 4.02. The van der Waals surface area contributed by atoms with Gasteiger partial charge in [0.25, 0.3) is 0 Å². The summed E-state index contributed by atoms with van der Waals surface area (Å²) in [7, 11) is 0. The SMILES string of the molecule is O=C(/C=C/c1cccc2ccccc12)N1CCc2[nH]c3ccccc3c2C1. The van der Waals surface area contributed by atoms with Crippen LogP contribution < -0.4 is 0 Å². The van der Waals surface area contributed by atoms with Gasteiger partial charge in [0.15, 0.2) is 0 Å². The van der Waals surface area contributed by atoms with Crippen molar-refractivity contribution in [3.63, 3.8) is 0 Å². The van der Waals surface area contributed by atoms with E-state index in [1.807, 2.05) is 35.2 Å². The molecule has 1 amide bonds. The van der Waals surface area contributed by atoms with Gasteiger partial charge >= 0.3 is 0 Å². The number of aromatic amines is 1. The van der Waals surface area contributed by atoms with Gasteiger partial charge in [-0.25, -0.2) is 0 Å². The summed E-state index contributed by atoms with van der Waals surface area (Å²) >= 11 is 0. The number of aromatic nitrogens is 1. The van der Waals surface area contributed by atoms with Crippen LogP contribution in [0, 0.1) is 0 Å². The van der Waals surface area contributed by atoms with Gasteiger partial charge in [0.05, 0.1) is 0 Å². The number of rotatable bonds is 2. The smallest absolute Gasteiger partial charge is 0.246 e. The first-order valence-corrected chi connectivity index (χ1v) is 9.33. The van der Waals surface area contributed by atoms with Crippen LogP contribution in [-0.4, -0.2) is 22.3 Å². The molecule has 3 nitrogen and oxygen atoms in total. The molecule has 0 fully saturated rings. The van der Waals surface area contributed by atoms with E-state index in [2.05, 4.69) is 47.4 Å². The van der Waals surface area contributed by atoms with Crippen LogP contribution in [-0.2, 0) is 17.8 Å². The lowest BCUT2D eigenvalue weighted by Gasteiger charge is -2.26. The summed E-state index contributed by atoms with van der Waals surface area (Å²) in [5.41, 5.74) is 4.75. The molecule has 5 rings (SSSR count). The number of benzene rings is 3. The number of amides is 1. The average Bonchev–Trinajstić information content (AvgIpc) is 3.10. The van der Waals surface area contributed by atoms with E-state index in [9.17, 15) is 4.79 Å². The minimum atomic E-state index is 0.0684. The van der Waals surface area contributed by atoms with Gasteiger partial charge in [-0.05, 0) is 28.5 Å². The third-order valence-corrected chi connectivity index (χ3v) is 5.42. The Morgan fingerprint density at radius 2 is 1.70 bits per heavy atom. The highest BCUT2D eigenvalue weighted by molar-refractivity contribution is 5.97. The van der Waals surface area contributed by atoms with Crippen molar-refractivity contribution < 1.29 is 4.79 Å². The second-order valence-electron chi connectivity index (χ2n) is 7.04. The molecule has 3 heteroatoms. The number of hydrogen-bond acceptors (Lipinski definition) is 1. The number of nitrogens with zero attached hydrogens (tertiary/aromatic N) is 1. The number of carbonyl (C=O) groups is 1. The third kappa shape index (κ3) is 2.81. The Labute approximate surface area is 157 Å². The molecule has 0 spiro atoms. The molecule has 0 saturated heterocycles. The predicted molar refractivity (Wildman–Crippen MR) is 110 cm³/mol. The van der Waals surface area contributed by atoms with Crippen LogP contribution in [0.25, 0.3) is 27.8 Å². The standard InChI is InChI=1S/C24H20N2O/c27-24(13-12-18-8-5-7-17-6-1-2-9-19(17)18)26-15-14-23-21(16-26)20-10-3-4-11-22(20)25-23/h1-13,25H,14-16H2/b13-12+. The van der Waals surface area contributed by atoms with Gasteiger partial charge < -0.3 is 9.88 Å². The quantitative estimate of drug-likeness (QED) is 0.511. The molecular weight excluding hydrogens is 332 g/mol. The number of nitrogens with one attached hydrogen (secondary N) is 1. The molecule has 2 heterocycles. The highest BCUT2D eigenvalue weighted by Crippen LogP contribution is 2.28. The van der Waals surface area contributed by atoms with E-state index in [-0.39, 0.29) is 5.91 Å². The van der Waals surface area contributed by atoms with Gasteiger partial charge in [-0.1, -0.05) is 60.7 Å². The summed E-state index contributed by atoms with van der Waals surface area (Å²) in [4.78, 5) is 18.2. The van der Waals surface area contributed by atoms with E-state index in [1.165, 1.54) is 27.4 Å². The van der Waals surface area contributed by atoms with Crippen molar-refractivity contribution in [2.24, 2.45) is 0 Å². The van der Waals surface area contributed by atoms with Crippen molar-refractivity contribution in [2.75, 3.05) is 6.54 Å². The molecule has 1 aromatic heterocycles. The van der Waals surface area contributed by atoms with Crippen LogP contribution in [0.1, 0.15) is 16.8 Å². The molecule has 4 aromatic rings. The molecule has 0 radical (unpaired) electrons. The predicted octanol–water partition coefficient (Wildman–Crippen LogP) is 4.92. The maximum Gasteiger partial charge on any atom is 0.246 e. The van der Waals surface area contributed by atoms with E-state index in [0.717, 1.165) is 24.0 Å². The molecule has 1 aliphatic heterocycles. The third-order valence-electron chi connectivity index (χ3n) is 5.42. The van der Waals surface area contributed by atoms with Gasteiger partial charge in [-0.2, -0.15) is 0 Å². The number of fused-ring (bicyclic) bond motifs is 4. The zero-order valence-corrected chi connectivity index (χ0v) is 15.0. The second kappa shape index (κ2) is 6.44. The lowest BCUT2D eigenvalue weighted by atomic mass is 10.0. The molecule has 0 bridgehead atoms. The Bertz CT molecular complexity index is 1180. The average molecular weight is 352 g/mol. The first kappa shape index (κ1) is 15.9. The van der Waals surface area contributed by atoms with Crippen molar-refractivity contribution in [3.05, 3.63) is 89.6 Å². The van der Waals surface area contributed by atoms with Crippen LogP contribution in [0.3, 0.4) is 0 Å². The van der Waals surface area contributed by atoms with Gasteiger partial charge in [0.2, 0.25) is 5.91 Å². The van der Waals surface area contributed by atoms with E-state index in [1.54, 1.807) is 6.08 Å². The molecule has 1 N–H and O–H groups in total. The Morgan fingerprint density at radius 1 is 0.926 bits per heavy atom. The van der Waals surface area contributed by atoms with E-state index >= 15 is 0 Å². The lowest BCUT2D eigenvalue weighted by Crippen LogP contribution is -2.34. The Hall–Kier alpha value is -3.33. The zero-order chi connectivity index (χ0) is 18.2. The lowest BCUT2D eigenvalue weighted by molar-refractivity contribution is -0.126. The summed E-state index contributed by atoms with van der Waals surface area (Å²) in [6.07, 6.45) is 4.52. The molecule has 0 aliphatic carbocycles. The fraction of sp³-hybridized carbons (Fsp3) is 0.125. The van der Waals surface area contributed by atoms with Gasteiger partial charge in [0, 0.05) is 47.7 Å². The minimum absolute atomic E-state index is 0.0684. The molecule has 1 aliphatic rings. The van der Waals surface area contributed by atoms with Crippen molar-refractivity contribution in [3.8, 4) is 0 Å². The highest BCUT2D eigenvalue weighted by atomic mass is 16.2. The highest BCUT2D eigenvalue weighted by Gasteiger charge is 2.22. The second-order valence-corrected chi connectivity index (χ2v) is 7.04. The first-order valence-electron chi connectivity index (χ1n) is 9.33.